The number of anilines is 1. The van der Waals surface area contributed by atoms with Gasteiger partial charge in [-0.15, -0.1) is 0 Å². The first-order valence-electron chi connectivity index (χ1n) is 4.77. The highest BCUT2D eigenvalue weighted by atomic mass is 16.4. The Kier molecular flexibility index (Phi) is 2.15. The molecule has 1 unspecified atom stereocenters. The molecule has 14 heavy (non-hydrogen) atoms. The summed E-state index contributed by atoms with van der Waals surface area (Å²) in [6.07, 6.45) is 2.52. The number of hydrogen-bond donors (Lipinski definition) is 1. The molecule has 1 aliphatic carbocycles. The van der Waals surface area contributed by atoms with Gasteiger partial charge in [0.15, 0.2) is 0 Å². The van der Waals surface area contributed by atoms with Crippen LogP contribution >= 0.6 is 0 Å². The fourth-order valence-corrected chi connectivity index (χ4v) is 2.06. The first kappa shape index (κ1) is 9.06. The van der Waals surface area contributed by atoms with Crippen molar-refractivity contribution in [1.82, 2.24) is 0 Å². The van der Waals surface area contributed by atoms with Gasteiger partial charge < -0.3 is 15.6 Å². The number of fused-ring (bicyclic) bond motifs is 1. The van der Waals surface area contributed by atoms with Crippen LogP contribution in [0, 0.1) is 0 Å². The molecule has 0 aromatic heterocycles. The summed E-state index contributed by atoms with van der Waals surface area (Å²) in [7, 11) is 0. The van der Waals surface area contributed by atoms with Crippen LogP contribution in [0.1, 0.15) is 29.9 Å². The first-order valence-corrected chi connectivity index (χ1v) is 4.77. The van der Waals surface area contributed by atoms with Gasteiger partial charge in [0.2, 0.25) is 0 Å². The zero-order valence-electron chi connectivity index (χ0n) is 7.82. The Morgan fingerprint density at radius 3 is 3.00 bits per heavy atom. The maximum absolute atomic E-state index is 10.9. The first-order chi connectivity index (χ1) is 6.68. The molecular weight excluding hydrogens is 178 g/mol. The third kappa shape index (κ3) is 1.45. The maximum atomic E-state index is 10.9. The van der Waals surface area contributed by atoms with E-state index in [-0.39, 0.29) is 0 Å². The van der Waals surface area contributed by atoms with Crippen molar-refractivity contribution in [3.63, 3.8) is 0 Å². The Bertz CT molecular complexity index is 374. The van der Waals surface area contributed by atoms with E-state index in [9.17, 15) is 9.90 Å². The van der Waals surface area contributed by atoms with Gasteiger partial charge in [-0.05, 0) is 42.5 Å². The third-order valence-electron chi connectivity index (χ3n) is 2.77. The van der Waals surface area contributed by atoms with Crippen molar-refractivity contribution in [1.29, 1.82) is 0 Å². The molecule has 2 N–H and O–H groups in total. The van der Waals surface area contributed by atoms with Crippen molar-refractivity contribution in [2.24, 2.45) is 0 Å². The Morgan fingerprint density at radius 2 is 2.29 bits per heavy atom. The zero-order chi connectivity index (χ0) is 10.1. The molecule has 1 aromatic rings. The molecule has 1 aromatic carbocycles. The number of rotatable bonds is 1. The lowest BCUT2D eigenvalue weighted by atomic mass is 9.83. The lowest BCUT2D eigenvalue weighted by Crippen LogP contribution is -2.31. The molecule has 2 rings (SSSR count). The number of aryl methyl sites for hydroxylation is 1. The molecule has 0 amide bonds. The van der Waals surface area contributed by atoms with E-state index in [1.807, 2.05) is 12.1 Å². The minimum absolute atomic E-state index is 0.470. The maximum Gasteiger partial charge on any atom is 0.0489 e. The van der Waals surface area contributed by atoms with Gasteiger partial charge in [0, 0.05) is 17.6 Å². The molecule has 3 nitrogen and oxygen atoms in total. The zero-order valence-corrected chi connectivity index (χ0v) is 7.82. The number of nitrogen functional groups attached to an aromatic ring is 1. The second-order valence-corrected chi connectivity index (χ2v) is 3.72. The molecule has 0 saturated heterocycles. The summed E-state index contributed by atoms with van der Waals surface area (Å²) < 4.78 is 0. The van der Waals surface area contributed by atoms with Gasteiger partial charge in [0.25, 0.3) is 0 Å². The molecule has 0 bridgehead atoms. The Morgan fingerprint density at radius 1 is 1.50 bits per heavy atom. The number of benzene rings is 1. The van der Waals surface area contributed by atoms with E-state index >= 15 is 0 Å². The van der Waals surface area contributed by atoms with Crippen molar-refractivity contribution in [3.8, 4) is 0 Å². The highest BCUT2D eigenvalue weighted by Gasteiger charge is 2.20. The van der Waals surface area contributed by atoms with Gasteiger partial charge in [-0.25, -0.2) is 0 Å². The summed E-state index contributed by atoms with van der Waals surface area (Å²) in [5.74, 6) is -1.46. The van der Waals surface area contributed by atoms with Crippen LogP contribution in [0.3, 0.4) is 0 Å². The van der Waals surface area contributed by atoms with Gasteiger partial charge in [0.05, 0.1) is 0 Å². The largest absolute Gasteiger partial charge is 0.549 e. The Hall–Kier alpha value is -1.51. The number of hydrogen-bond acceptors (Lipinski definition) is 3. The van der Waals surface area contributed by atoms with Gasteiger partial charge in [0.1, 0.15) is 0 Å². The average molecular weight is 190 g/mol. The van der Waals surface area contributed by atoms with Gasteiger partial charge in [-0.3, -0.25) is 0 Å². The summed E-state index contributed by atoms with van der Waals surface area (Å²) in [5, 5.41) is 10.9. The standard InChI is InChI=1S/C11H13NO2/c12-8-5-4-7-2-1-3-9(11(13)14)10(7)6-8/h4-6,9H,1-3,12H2,(H,13,14)/p-1. The number of aliphatic carboxylic acids is 1. The monoisotopic (exact) mass is 190 g/mol. The second-order valence-electron chi connectivity index (χ2n) is 3.72. The van der Waals surface area contributed by atoms with E-state index in [4.69, 9.17) is 5.73 Å². The van der Waals surface area contributed by atoms with E-state index in [1.165, 1.54) is 0 Å². The molecule has 0 heterocycles. The van der Waals surface area contributed by atoms with Crippen molar-refractivity contribution >= 4 is 11.7 Å². The van der Waals surface area contributed by atoms with Crippen molar-refractivity contribution in [2.75, 3.05) is 5.73 Å². The van der Waals surface area contributed by atoms with E-state index in [1.54, 1.807) is 6.07 Å². The fourth-order valence-electron chi connectivity index (χ4n) is 2.06. The predicted octanol–water partition coefficient (Wildman–Crippen LogP) is 0.439. The SMILES string of the molecule is Nc1ccc2c(c1)C(C(=O)[O-])CCC2. The van der Waals surface area contributed by atoms with Crippen LogP contribution in [-0.4, -0.2) is 5.97 Å². The van der Waals surface area contributed by atoms with Crippen LogP contribution in [0.25, 0.3) is 0 Å². The van der Waals surface area contributed by atoms with Gasteiger partial charge in [-0.1, -0.05) is 6.07 Å². The van der Waals surface area contributed by atoms with Crippen LogP contribution in [0.4, 0.5) is 5.69 Å². The number of carboxylic acids is 1. The van der Waals surface area contributed by atoms with Crippen molar-refractivity contribution < 1.29 is 9.90 Å². The molecule has 0 saturated carbocycles. The Labute approximate surface area is 82.5 Å². The van der Waals surface area contributed by atoms with Crippen LogP contribution in [0.2, 0.25) is 0 Å². The number of carbonyl (C=O) groups is 1. The molecule has 1 aliphatic rings. The third-order valence-corrected chi connectivity index (χ3v) is 2.77. The van der Waals surface area contributed by atoms with E-state index < -0.39 is 11.9 Å². The molecular formula is C11H12NO2-. The second kappa shape index (κ2) is 3.33. The predicted molar refractivity (Wildman–Crippen MR) is 51.5 cm³/mol. The minimum Gasteiger partial charge on any atom is -0.549 e. The summed E-state index contributed by atoms with van der Waals surface area (Å²) in [4.78, 5) is 10.9. The highest BCUT2D eigenvalue weighted by molar-refractivity contribution is 5.75. The average Bonchev–Trinajstić information content (AvgIpc) is 2.16. The molecule has 1 atom stereocenters. The molecule has 0 radical (unpaired) electrons. The van der Waals surface area contributed by atoms with E-state index in [0.29, 0.717) is 12.1 Å². The van der Waals surface area contributed by atoms with Gasteiger partial charge in [-0.2, -0.15) is 0 Å². The fraction of sp³-hybridized carbons (Fsp3) is 0.364. The summed E-state index contributed by atoms with van der Waals surface area (Å²) in [5.41, 5.74) is 8.19. The molecule has 74 valence electrons. The molecule has 0 aliphatic heterocycles. The topological polar surface area (TPSA) is 66.2 Å². The van der Waals surface area contributed by atoms with Crippen LogP contribution in [0.15, 0.2) is 18.2 Å². The smallest absolute Gasteiger partial charge is 0.0489 e. The summed E-state index contributed by atoms with van der Waals surface area (Å²) >= 11 is 0. The lowest BCUT2D eigenvalue weighted by Gasteiger charge is -2.26. The van der Waals surface area contributed by atoms with E-state index in [0.717, 1.165) is 24.0 Å². The number of nitrogens with two attached hydrogens (primary N) is 1. The van der Waals surface area contributed by atoms with Crippen LogP contribution in [0.5, 0.6) is 0 Å². The van der Waals surface area contributed by atoms with Gasteiger partial charge >= 0.3 is 0 Å². The van der Waals surface area contributed by atoms with Crippen LogP contribution in [-0.2, 0) is 11.2 Å². The summed E-state index contributed by atoms with van der Waals surface area (Å²) in [6.45, 7) is 0. The summed E-state index contributed by atoms with van der Waals surface area (Å²) in [6, 6.07) is 5.49. The molecule has 0 spiro atoms. The minimum atomic E-state index is -0.989. The molecule has 0 fully saturated rings. The van der Waals surface area contributed by atoms with Crippen molar-refractivity contribution in [2.45, 2.75) is 25.2 Å². The van der Waals surface area contributed by atoms with E-state index in [2.05, 4.69) is 0 Å². The van der Waals surface area contributed by atoms with Crippen molar-refractivity contribution in [3.05, 3.63) is 29.3 Å². The lowest BCUT2D eigenvalue weighted by molar-refractivity contribution is -0.308. The normalized spacial score (nSPS) is 20.1. The highest BCUT2D eigenvalue weighted by Crippen LogP contribution is 2.32. The Balaban J connectivity index is 2.46. The molecule has 3 heteroatoms. The number of carbonyl (C=O) groups excluding carboxylic acids is 1. The quantitative estimate of drug-likeness (QED) is 0.653. The van der Waals surface area contributed by atoms with Crippen LogP contribution < -0.4 is 10.8 Å². The number of carboxylic acid groups (broad SMARTS) is 1.